The molecule has 0 aliphatic heterocycles. The number of nitrogens with one attached hydrogen (secondary N) is 1. The molecule has 1 heterocycles. The number of carbonyl (C=O) groups excluding carboxylic acids is 1. The zero-order chi connectivity index (χ0) is 22.5. The van der Waals surface area contributed by atoms with Crippen LogP contribution in [0.4, 0.5) is 0 Å². The molecule has 1 unspecified atom stereocenters. The van der Waals surface area contributed by atoms with E-state index in [0.717, 1.165) is 11.1 Å². The van der Waals surface area contributed by atoms with Gasteiger partial charge in [0.1, 0.15) is 22.8 Å². The van der Waals surface area contributed by atoms with Gasteiger partial charge in [-0.05, 0) is 37.6 Å². The summed E-state index contributed by atoms with van der Waals surface area (Å²) in [5.74, 6) is 0.679. The predicted octanol–water partition coefficient (Wildman–Crippen LogP) is 3.68. The number of amides is 1. The first-order valence-electron chi connectivity index (χ1n) is 9.80. The van der Waals surface area contributed by atoms with Crippen molar-refractivity contribution in [2.24, 2.45) is 0 Å². The molecule has 0 saturated heterocycles. The molecular weight excluding hydrogens is 418 g/mol. The molecule has 164 valence electrons. The normalized spacial score (nSPS) is 11.8. The molecule has 3 aromatic rings. The second kappa shape index (κ2) is 9.85. The number of methoxy groups -OCH3 is 2. The molecule has 0 spiro atoms. The maximum absolute atomic E-state index is 12.8. The summed E-state index contributed by atoms with van der Waals surface area (Å²) in [5, 5.41) is 18.0. The van der Waals surface area contributed by atoms with Crippen LogP contribution in [0, 0.1) is 13.8 Å². The van der Waals surface area contributed by atoms with Gasteiger partial charge in [0.15, 0.2) is 0 Å². The van der Waals surface area contributed by atoms with Crippen LogP contribution >= 0.6 is 11.6 Å². The minimum absolute atomic E-state index is 0.0265. The van der Waals surface area contributed by atoms with E-state index in [2.05, 4.69) is 10.4 Å². The number of halogens is 1. The number of aryl methyl sites for hydroxylation is 2. The number of aliphatic hydroxyl groups excluding tert-OH is 1. The molecule has 3 rings (SSSR count). The van der Waals surface area contributed by atoms with Gasteiger partial charge in [0.25, 0.3) is 5.91 Å². The summed E-state index contributed by atoms with van der Waals surface area (Å²) in [6, 6.07) is 13.1. The van der Waals surface area contributed by atoms with Gasteiger partial charge < -0.3 is 19.9 Å². The Morgan fingerprint density at radius 3 is 2.52 bits per heavy atom. The van der Waals surface area contributed by atoms with Crippen LogP contribution in [0.1, 0.15) is 38.8 Å². The van der Waals surface area contributed by atoms with Crippen LogP contribution in [0.3, 0.4) is 0 Å². The number of nitrogens with zero attached hydrogens (tertiary/aromatic N) is 2. The van der Waals surface area contributed by atoms with E-state index in [1.807, 2.05) is 31.2 Å². The highest BCUT2D eigenvalue weighted by atomic mass is 35.5. The summed E-state index contributed by atoms with van der Waals surface area (Å²) in [6.45, 7) is 4.18. The molecule has 0 radical (unpaired) electrons. The quantitative estimate of drug-likeness (QED) is 0.554. The molecule has 8 heteroatoms. The van der Waals surface area contributed by atoms with Crippen LogP contribution in [0.15, 0.2) is 42.5 Å². The van der Waals surface area contributed by atoms with Crippen molar-refractivity contribution in [1.29, 1.82) is 0 Å². The van der Waals surface area contributed by atoms with Crippen molar-refractivity contribution >= 4 is 17.5 Å². The first kappa shape index (κ1) is 22.7. The number of carbonyl (C=O) groups is 1. The van der Waals surface area contributed by atoms with Gasteiger partial charge in [-0.2, -0.15) is 5.10 Å². The average Bonchev–Trinajstić information content (AvgIpc) is 3.05. The Kier molecular flexibility index (Phi) is 7.20. The molecule has 0 fully saturated rings. The van der Waals surface area contributed by atoms with Crippen LogP contribution in [0.5, 0.6) is 11.5 Å². The number of rotatable bonds is 8. The lowest BCUT2D eigenvalue weighted by Gasteiger charge is -2.16. The van der Waals surface area contributed by atoms with Gasteiger partial charge in [-0.1, -0.05) is 41.4 Å². The van der Waals surface area contributed by atoms with E-state index in [-0.39, 0.29) is 11.7 Å². The number of ether oxygens (including phenoxy) is 2. The fourth-order valence-corrected chi connectivity index (χ4v) is 3.59. The second-order valence-corrected chi connectivity index (χ2v) is 7.59. The third-order valence-electron chi connectivity index (χ3n) is 5.00. The maximum Gasteiger partial charge on any atom is 0.256 e. The number of benzene rings is 2. The number of hydrogen-bond donors (Lipinski definition) is 2. The van der Waals surface area contributed by atoms with Crippen molar-refractivity contribution in [3.8, 4) is 11.5 Å². The molecule has 0 saturated carbocycles. The van der Waals surface area contributed by atoms with Crippen molar-refractivity contribution < 1.29 is 19.4 Å². The third-order valence-corrected chi connectivity index (χ3v) is 5.38. The fourth-order valence-electron chi connectivity index (χ4n) is 3.27. The predicted molar refractivity (Wildman–Crippen MR) is 119 cm³/mol. The smallest absolute Gasteiger partial charge is 0.256 e. The lowest BCUT2D eigenvalue weighted by molar-refractivity contribution is 0.0914. The van der Waals surface area contributed by atoms with Gasteiger partial charge in [0, 0.05) is 12.1 Å². The molecule has 31 heavy (non-hydrogen) atoms. The Bertz CT molecular complexity index is 1060. The minimum Gasteiger partial charge on any atom is -0.497 e. The lowest BCUT2D eigenvalue weighted by Crippen LogP contribution is -2.29. The highest BCUT2D eigenvalue weighted by Crippen LogP contribution is 2.29. The summed E-state index contributed by atoms with van der Waals surface area (Å²) in [5.41, 5.74) is 3.52. The Morgan fingerprint density at radius 1 is 1.16 bits per heavy atom. The van der Waals surface area contributed by atoms with Crippen LogP contribution in [-0.2, 0) is 6.54 Å². The van der Waals surface area contributed by atoms with Crippen LogP contribution in [0.2, 0.25) is 5.15 Å². The molecule has 0 aliphatic rings. The van der Waals surface area contributed by atoms with Crippen LogP contribution in [0.25, 0.3) is 0 Å². The van der Waals surface area contributed by atoms with E-state index in [1.165, 1.54) is 7.11 Å². The molecule has 2 N–H and O–H groups in total. The lowest BCUT2D eigenvalue weighted by atomic mass is 10.1. The molecule has 0 aliphatic carbocycles. The van der Waals surface area contributed by atoms with Crippen molar-refractivity contribution in [3.63, 3.8) is 0 Å². The average molecular weight is 444 g/mol. The van der Waals surface area contributed by atoms with E-state index in [0.29, 0.717) is 34.9 Å². The first-order chi connectivity index (χ1) is 14.8. The summed E-state index contributed by atoms with van der Waals surface area (Å²) in [4.78, 5) is 12.8. The molecule has 2 aromatic carbocycles. The van der Waals surface area contributed by atoms with Gasteiger partial charge >= 0.3 is 0 Å². The maximum atomic E-state index is 12.8. The van der Waals surface area contributed by atoms with E-state index in [4.69, 9.17) is 21.1 Å². The van der Waals surface area contributed by atoms with Crippen LogP contribution < -0.4 is 14.8 Å². The highest BCUT2D eigenvalue weighted by Gasteiger charge is 2.22. The number of aromatic nitrogens is 2. The zero-order valence-corrected chi connectivity index (χ0v) is 18.7. The monoisotopic (exact) mass is 443 g/mol. The number of hydrogen-bond acceptors (Lipinski definition) is 5. The van der Waals surface area contributed by atoms with Crippen LogP contribution in [-0.4, -0.2) is 41.6 Å². The topological polar surface area (TPSA) is 85.6 Å². The van der Waals surface area contributed by atoms with Gasteiger partial charge in [-0.15, -0.1) is 0 Å². The summed E-state index contributed by atoms with van der Waals surface area (Å²) in [6.07, 6.45) is -0.990. The fraction of sp³-hybridized carbons (Fsp3) is 0.304. The van der Waals surface area contributed by atoms with Gasteiger partial charge in [0.05, 0.1) is 32.0 Å². The Labute approximate surface area is 186 Å². The second-order valence-electron chi connectivity index (χ2n) is 7.23. The van der Waals surface area contributed by atoms with Crippen molar-refractivity contribution in [2.45, 2.75) is 26.5 Å². The third kappa shape index (κ3) is 5.18. The van der Waals surface area contributed by atoms with Crippen molar-refractivity contribution in [2.75, 3.05) is 20.8 Å². The zero-order valence-electron chi connectivity index (χ0n) is 18.0. The molecular formula is C23H26ClN3O4. The molecule has 1 amide bonds. The molecule has 7 nitrogen and oxygen atoms in total. The summed E-state index contributed by atoms with van der Waals surface area (Å²) < 4.78 is 12.1. The van der Waals surface area contributed by atoms with E-state index in [1.54, 1.807) is 36.9 Å². The van der Waals surface area contributed by atoms with Gasteiger partial charge in [-0.3, -0.25) is 4.79 Å². The Balaban J connectivity index is 1.72. The van der Waals surface area contributed by atoms with Crippen molar-refractivity contribution in [3.05, 3.63) is 75.6 Å². The minimum atomic E-state index is -0.990. The summed E-state index contributed by atoms with van der Waals surface area (Å²) >= 11 is 6.47. The Hall–Kier alpha value is -3.03. The van der Waals surface area contributed by atoms with Gasteiger partial charge in [0.2, 0.25) is 0 Å². The molecule has 1 aromatic heterocycles. The van der Waals surface area contributed by atoms with E-state index < -0.39 is 12.0 Å². The Morgan fingerprint density at radius 2 is 1.87 bits per heavy atom. The highest BCUT2D eigenvalue weighted by molar-refractivity contribution is 6.33. The largest absolute Gasteiger partial charge is 0.497 e. The van der Waals surface area contributed by atoms with E-state index >= 15 is 0 Å². The summed E-state index contributed by atoms with van der Waals surface area (Å²) in [7, 11) is 3.06. The first-order valence-corrected chi connectivity index (χ1v) is 10.2. The number of aliphatic hydroxyl groups is 1. The van der Waals surface area contributed by atoms with E-state index in [9.17, 15) is 9.90 Å². The standard InChI is InChI=1S/C23H26ClN3O4/c1-14-5-7-16(8-6-14)13-27-22(24)21(15(2)26-27)23(29)25-12-19(28)18-11-17(30-3)9-10-20(18)31-4/h5-11,19,28H,12-13H2,1-4H3,(H,25,29). The molecule has 1 atom stereocenters. The van der Waals surface area contributed by atoms with Crippen molar-refractivity contribution in [1.82, 2.24) is 15.1 Å². The SMILES string of the molecule is COc1ccc(OC)c(C(O)CNC(=O)c2c(C)nn(Cc3ccc(C)cc3)c2Cl)c1. The van der Waals surface area contributed by atoms with Gasteiger partial charge in [-0.25, -0.2) is 4.68 Å². The molecule has 0 bridgehead atoms.